The van der Waals surface area contributed by atoms with Crippen LogP contribution in [-0.4, -0.2) is 18.9 Å². The number of methoxy groups -OCH3 is 1. The van der Waals surface area contributed by atoms with E-state index in [0.29, 0.717) is 24.1 Å². The smallest absolute Gasteiger partial charge is 0.248 e. The maximum atomic E-state index is 12.0. The van der Waals surface area contributed by atoms with Gasteiger partial charge >= 0.3 is 0 Å². The Hall–Kier alpha value is -2.82. The summed E-state index contributed by atoms with van der Waals surface area (Å²) in [5, 5.41) is 2.78. The number of carbonyl (C=O) groups is 2. The Kier molecular flexibility index (Phi) is 5.14. The van der Waals surface area contributed by atoms with Gasteiger partial charge in [0, 0.05) is 17.7 Å². The number of amides is 2. The molecular formula is C17H18N2O3. The number of rotatable bonds is 6. The highest BCUT2D eigenvalue weighted by atomic mass is 16.5. The van der Waals surface area contributed by atoms with E-state index < -0.39 is 5.91 Å². The molecule has 0 aliphatic carbocycles. The third kappa shape index (κ3) is 4.09. The third-order valence-electron chi connectivity index (χ3n) is 3.27. The molecule has 0 saturated carbocycles. The largest absolute Gasteiger partial charge is 0.496 e. The highest BCUT2D eigenvalue weighted by Gasteiger charge is 2.07. The zero-order chi connectivity index (χ0) is 15.9. The van der Waals surface area contributed by atoms with Crippen LogP contribution in [0.1, 0.15) is 22.3 Å². The number of nitrogens with one attached hydrogen (secondary N) is 1. The van der Waals surface area contributed by atoms with Gasteiger partial charge in [-0.2, -0.15) is 0 Å². The van der Waals surface area contributed by atoms with Gasteiger partial charge < -0.3 is 15.8 Å². The SMILES string of the molecule is COc1ccccc1CCC(=O)Nc1ccc(C(N)=O)cc1. The minimum atomic E-state index is -0.492. The van der Waals surface area contributed by atoms with Crippen LogP contribution in [0.3, 0.4) is 0 Å². The zero-order valence-electron chi connectivity index (χ0n) is 12.3. The van der Waals surface area contributed by atoms with Gasteiger partial charge in [0.15, 0.2) is 0 Å². The fourth-order valence-electron chi connectivity index (χ4n) is 2.10. The molecule has 0 radical (unpaired) electrons. The van der Waals surface area contributed by atoms with Gasteiger partial charge in [0.25, 0.3) is 0 Å². The number of anilines is 1. The van der Waals surface area contributed by atoms with Crippen molar-refractivity contribution in [3.63, 3.8) is 0 Å². The minimum absolute atomic E-state index is 0.0993. The Morgan fingerprint density at radius 2 is 1.77 bits per heavy atom. The molecule has 0 bridgehead atoms. The lowest BCUT2D eigenvalue weighted by Crippen LogP contribution is -2.13. The van der Waals surface area contributed by atoms with Gasteiger partial charge in [-0.3, -0.25) is 9.59 Å². The van der Waals surface area contributed by atoms with E-state index in [2.05, 4.69) is 5.32 Å². The molecule has 22 heavy (non-hydrogen) atoms. The first-order valence-electron chi connectivity index (χ1n) is 6.92. The van der Waals surface area contributed by atoms with Crippen LogP contribution in [0.2, 0.25) is 0 Å². The number of para-hydroxylation sites is 1. The van der Waals surface area contributed by atoms with E-state index in [1.165, 1.54) is 0 Å². The molecule has 5 nitrogen and oxygen atoms in total. The molecule has 0 aromatic heterocycles. The van der Waals surface area contributed by atoms with Crippen molar-refractivity contribution in [2.75, 3.05) is 12.4 Å². The lowest BCUT2D eigenvalue weighted by atomic mass is 10.1. The van der Waals surface area contributed by atoms with Gasteiger partial charge in [0.1, 0.15) is 5.75 Å². The van der Waals surface area contributed by atoms with Crippen molar-refractivity contribution in [3.05, 3.63) is 59.7 Å². The number of benzene rings is 2. The number of nitrogens with two attached hydrogens (primary N) is 1. The van der Waals surface area contributed by atoms with Crippen LogP contribution < -0.4 is 15.8 Å². The molecule has 0 atom stereocenters. The lowest BCUT2D eigenvalue weighted by molar-refractivity contribution is -0.116. The van der Waals surface area contributed by atoms with E-state index >= 15 is 0 Å². The van der Waals surface area contributed by atoms with Crippen LogP contribution in [0.5, 0.6) is 5.75 Å². The van der Waals surface area contributed by atoms with Crippen molar-refractivity contribution < 1.29 is 14.3 Å². The van der Waals surface area contributed by atoms with Crippen molar-refractivity contribution in [3.8, 4) is 5.75 Å². The highest BCUT2D eigenvalue weighted by Crippen LogP contribution is 2.19. The summed E-state index contributed by atoms with van der Waals surface area (Å²) in [4.78, 5) is 22.9. The van der Waals surface area contributed by atoms with E-state index in [4.69, 9.17) is 10.5 Å². The topological polar surface area (TPSA) is 81.4 Å². The lowest BCUT2D eigenvalue weighted by Gasteiger charge is -2.09. The first-order chi connectivity index (χ1) is 10.6. The van der Waals surface area contributed by atoms with E-state index in [1.54, 1.807) is 31.4 Å². The first-order valence-corrected chi connectivity index (χ1v) is 6.92. The van der Waals surface area contributed by atoms with E-state index in [-0.39, 0.29) is 5.91 Å². The summed E-state index contributed by atoms with van der Waals surface area (Å²) in [7, 11) is 1.61. The first kappa shape index (κ1) is 15.6. The summed E-state index contributed by atoms with van der Waals surface area (Å²) < 4.78 is 5.26. The molecule has 0 aliphatic heterocycles. The standard InChI is InChI=1S/C17H18N2O3/c1-22-15-5-3-2-4-12(15)8-11-16(20)19-14-9-6-13(7-10-14)17(18)21/h2-7,9-10H,8,11H2,1H3,(H2,18,21)(H,19,20). The molecule has 0 fully saturated rings. The zero-order valence-corrected chi connectivity index (χ0v) is 12.3. The van der Waals surface area contributed by atoms with Crippen molar-refractivity contribution in [2.24, 2.45) is 5.73 Å². The molecule has 2 aromatic carbocycles. The summed E-state index contributed by atoms with van der Waals surface area (Å²) in [6.45, 7) is 0. The average molecular weight is 298 g/mol. The van der Waals surface area contributed by atoms with Gasteiger partial charge in [0.2, 0.25) is 11.8 Å². The van der Waals surface area contributed by atoms with Gasteiger partial charge in [-0.05, 0) is 42.3 Å². The second kappa shape index (κ2) is 7.26. The fraction of sp³-hybridized carbons (Fsp3) is 0.176. The second-order valence-corrected chi connectivity index (χ2v) is 4.80. The van der Waals surface area contributed by atoms with E-state index in [9.17, 15) is 9.59 Å². The summed E-state index contributed by atoms with van der Waals surface area (Å²) in [5.74, 6) is 0.188. The van der Waals surface area contributed by atoms with Crippen LogP contribution in [0.25, 0.3) is 0 Å². The Morgan fingerprint density at radius 1 is 1.09 bits per heavy atom. The molecule has 114 valence electrons. The summed E-state index contributed by atoms with van der Waals surface area (Å²) in [6.07, 6.45) is 0.938. The summed E-state index contributed by atoms with van der Waals surface area (Å²) >= 11 is 0. The molecule has 0 spiro atoms. The van der Waals surface area contributed by atoms with Crippen LogP contribution >= 0.6 is 0 Å². The summed E-state index contributed by atoms with van der Waals surface area (Å²) in [6, 6.07) is 14.1. The Morgan fingerprint density at radius 3 is 2.41 bits per heavy atom. The molecule has 0 heterocycles. The van der Waals surface area contributed by atoms with E-state index in [0.717, 1.165) is 11.3 Å². The molecule has 0 saturated heterocycles. The van der Waals surface area contributed by atoms with Crippen molar-refractivity contribution in [2.45, 2.75) is 12.8 Å². The molecule has 0 aliphatic rings. The Balaban J connectivity index is 1.91. The number of carbonyl (C=O) groups excluding carboxylic acids is 2. The molecule has 5 heteroatoms. The van der Waals surface area contributed by atoms with Crippen LogP contribution in [0.4, 0.5) is 5.69 Å². The number of ether oxygens (including phenoxy) is 1. The molecule has 3 N–H and O–H groups in total. The molecule has 0 unspecified atom stereocenters. The van der Waals surface area contributed by atoms with Gasteiger partial charge in [-0.25, -0.2) is 0 Å². The van der Waals surface area contributed by atoms with Gasteiger partial charge in [-0.1, -0.05) is 18.2 Å². The molecular weight excluding hydrogens is 280 g/mol. The van der Waals surface area contributed by atoms with Crippen molar-refractivity contribution >= 4 is 17.5 Å². The van der Waals surface area contributed by atoms with Crippen LogP contribution in [-0.2, 0) is 11.2 Å². The molecule has 2 aromatic rings. The van der Waals surface area contributed by atoms with Gasteiger partial charge in [-0.15, -0.1) is 0 Å². The quantitative estimate of drug-likeness (QED) is 0.859. The van der Waals surface area contributed by atoms with Crippen LogP contribution in [0, 0.1) is 0 Å². The molecule has 2 amide bonds. The number of hydrogen-bond donors (Lipinski definition) is 2. The maximum absolute atomic E-state index is 12.0. The summed E-state index contributed by atoms with van der Waals surface area (Å²) in [5.41, 5.74) is 7.20. The van der Waals surface area contributed by atoms with Crippen molar-refractivity contribution in [1.82, 2.24) is 0 Å². The van der Waals surface area contributed by atoms with Gasteiger partial charge in [0.05, 0.1) is 7.11 Å². The molecule has 2 rings (SSSR count). The minimum Gasteiger partial charge on any atom is -0.496 e. The Labute approximate surface area is 129 Å². The Bertz CT molecular complexity index is 666. The third-order valence-corrected chi connectivity index (χ3v) is 3.27. The number of primary amides is 1. The fourth-order valence-corrected chi connectivity index (χ4v) is 2.10. The van der Waals surface area contributed by atoms with E-state index in [1.807, 2.05) is 24.3 Å². The monoisotopic (exact) mass is 298 g/mol. The number of aryl methyl sites for hydroxylation is 1. The highest BCUT2D eigenvalue weighted by molar-refractivity contribution is 5.94. The average Bonchev–Trinajstić information content (AvgIpc) is 2.53. The second-order valence-electron chi connectivity index (χ2n) is 4.80. The van der Waals surface area contributed by atoms with Crippen molar-refractivity contribution in [1.29, 1.82) is 0 Å². The normalized spacial score (nSPS) is 10.0. The maximum Gasteiger partial charge on any atom is 0.248 e. The van der Waals surface area contributed by atoms with Crippen LogP contribution in [0.15, 0.2) is 48.5 Å². The number of hydrogen-bond acceptors (Lipinski definition) is 3. The predicted molar refractivity (Wildman–Crippen MR) is 84.9 cm³/mol. The predicted octanol–water partition coefficient (Wildman–Crippen LogP) is 2.37.